The van der Waals surface area contributed by atoms with Crippen LogP contribution in [0.5, 0.6) is 0 Å². The number of benzene rings is 1. The Kier molecular flexibility index (Phi) is 4.73. The SMILES string of the molecule is I.NC(N)=NCc1cccc(N2CCC2=O)c1. The molecular weight excluding hydrogens is 331 g/mol. The van der Waals surface area contributed by atoms with Crippen LogP contribution in [0.3, 0.4) is 0 Å². The van der Waals surface area contributed by atoms with Crippen LogP contribution in [0, 0.1) is 0 Å². The third-order valence-corrected chi connectivity index (χ3v) is 2.52. The molecule has 5 nitrogen and oxygen atoms in total. The lowest BCUT2D eigenvalue weighted by Crippen LogP contribution is -2.43. The Morgan fingerprint density at radius 2 is 2.18 bits per heavy atom. The zero-order valence-corrected chi connectivity index (χ0v) is 11.6. The monoisotopic (exact) mass is 346 g/mol. The van der Waals surface area contributed by atoms with Crippen molar-refractivity contribution in [2.45, 2.75) is 13.0 Å². The molecule has 0 aromatic heterocycles. The third-order valence-electron chi connectivity index (χ3n) is 2.52. The van der Waals surface area contributed by atoms with E-state index in [1.807, 2.05) is 24.3 Å². The largest absolute Gasteiger partial charge is 0.370 e. The number of hydrogen-bond donors (Lipinski definition) is 2. The highest BCUT2D eigenvalue weighted by molar-refractivity contribution is 14.0. The Hall–Kier alpha value is -1.31. The molecule has 17 heavy (non-hydrogen) atoms. The molecule has 0 bridgehead atoms. The molecule has 1 amide bonds. The highest BCUT2D eigenvalue weighted by atomic mass is 127. The van der Waals surface area contributed by atoms with Gasteiger partial charge in [-0.2, -0.15) is 0 Å². The van der Waals surface area contributed by atoms with Crippen molar-refractivity contribution in [1.82, 2.24) is 0 Å². The molecule has 0 unspecified atom stereocenters. The maximum absolute atomic E-state index is 11.3. The zero-order valence-electron chi connectivity index (χ0n) is 9.30. The minimum Gasteiger partial charge on any atom is -0.370 e. The highest BCUT2D eigenvalue weighted by Gasteiger charge is 2.24. The quantitative estimate of drug-likeness (QED) is 0.368. The molecule has 0 spiro atoms. The van der Waals surface area contributed by atoms with Crippen molar-refractivity contribution in [3.05, 3.63) is 29.8 Å². The first-order chi connectivity index (χ1) is 7.66. The van der Waals surface area contributed by atoms with Crippen LogP contribution in [-0.4, -0.2) is 18.4 Å². The first-order valence-corrected chi connectivity index (χ1v) is 5.11. The van der Waals surface area contributed by atoms with E-state index >= 15 is 0 Å². The van der Waals surface area contributed by atoms with E-state index in [1.54, 1.807) is 4.90 Å². The predicted molar refractivity (Wildman–Crippen MR) is 78.3 cm³/mol. The Morgan fingerprint density at radius 3 is 2.71 bits per heavy atom. The second kappa shape index (κ2) is 5.85. The number of aliphatic imine (C=N–C) groups is 1. The molecule has 0 atom stereocenters. The van der Waals surface area contributed by atoms with E-state index in [-0.39, 0.29) is 35.8 Å². The second-order valence-corrected chi connectivity index (χ2v) is 3.71. The van der Waals surface area contributed by atoms with Crippen molar-refractivity contribution < 1.29 is 4.79 Å². The van der Waals surface area contributed by atoms with Gasteiger partial charge in [0.25, 0.3) is 0 Å². The number of guanidine groups is 1. The average molecular weight is 346 g/mol. The van der Waals surface area contributed by atoms with Gasteiger partial charge in [0.1, 0.15) is 0 Å². The molecule has 1 saturated heterocycles. The Balaban J connectivity index is 0.00000144. The average Bonchev–Trinajstić information content (AvgIpc) is 2.25. The first-order valence-electron chi connectivity index (χ1n) is 5.11. The van der Waals surface area contributed by atoms with Crippen LogP contribution in [-0.2, 0) is 11.3 Å². The second-order valence-electron chi connectivity index (χ2n) is 3.71. The number of halogens is 1. The summed E-state index contributed by atoms with van der Waals surface area (Å²) in [6.07, 6.45) is 0.637. The minimum atomic E-state index is 0. The van der Waals surface area contributed by atoms with Crippen molar-refractivity contribution in [2.75, 3.05) is 11.4 Å². The lowest BCUT2D eigenvalue weighted by Gasteiger charge is -2.30. The summed E-state index contributed by atoms with van der Waals surface area (Å²) in [4.78, 5) is 16.9. The van der Waals surface area contributed by atoms with Crippen molar-refractivity contribution in [3.8, 4) is 0 Å². The molecule has 0 aliphatic carbocycles. The number of amides is 1. The number of rotatable bonds is 3. The fourth-order valence-corrected chi connectivity index (χ4v) is 1.59. The van der Waals surface area contributed by atoms with E-state index < -0.39 is 0 Å². The van der Waals surface area contributed by atoms with Gasteiger partial charge in [0, 0.05) is 18.7 Å². The van der Waals surface area contributed by atoms with Gasteiger partial charge in [-0.05, 0) is 17.7 Å². The lowest BCUT2D eigenvalue weighted by molar-refractivity contribution is -0.122. The Bertz CT molecular complexity index is 443. The van der Waals surface area contributed by atoms with Gasteiger partial charge in [0.15, 0.2) is 5.96 Å². The van der Waals surface area contributed by atoms with E-state index in [4.69, 9.17) is 11.5 Å². The predicted octanol–water partition coefficient (Wildman–Crippen LogP) is 0.815. The normalized spacial score (nSPS) is 13.6. The van der Waals surface area contributed by atoms with Gasteiger partial charge in [0.05, 0.1) is 6.54 Å². The van der Waals surface area contributed by atoms with Gasteiger partial charge in [-0.15, -0.1) is 24.0 Å². The van der Waals surface area contributed by atoms with Crippen molar-refractivity contribution >= 4 is 41.5 Å². The number of β-lactam (4-membered cyclic amide) rings is 1. The molecule has 1 aromatic carbocycles. The number of nitrogens with two attached hydrogens (primary N) is 2. The van der Waals surface area contributed by atoms with E-state index in [0.717, 1.165) is 17.8 Å². The number of anilines is 1. The smallest absolute Gasteiger partial charge is 0.228 e. The highest BCUT2D eigenvalue weighted by Crippen LogP contribution is 2.22. The van der Waals surface area contributed by atoms with Gasteiger partial charge in [0.2, 0.25) is 5.91 Å². The molecule has 1 fully saturated rings. The Labute approximate surface area is 117 Å². The van der Waals surface area contributed by atoms with Crippen LogP contribution in [0.15, 0.2) is 29.3 Å². The van der Waals surface area contributed by atoms with Crippen molar-refractivity contribution in [2.24, 2.45) is 16.5 Å². The van der Waals surface area contributed by atoms with E-state index in [1.165, 1.54) is 0 Å². The molecule has 0 radical (unpaired) electrons. The molecule has 6 heteroatoms. The lowest BCUT2D eigenvalue weighted by atomic mass is 10.1. The summed E-state index contributed by atoms with van der Waals surface area (Å²) in [6, 6.07) is 7.68. The van der Waals surface area contributed by atoms with Gasteiger partial charge in [-0.3, -0.25) is 4.79 Å². The summed E-state index contributed by atoms with van der Waals surface area (Å²) in [5.41, 5.74) is 12.4. The topological polar surface area (TPSA) is 84.7 Å². The molecule has 0 saturated carbocycles. The van der Waals surface area contributed by atoms with Crippen LogP contribution < -0.4 is 16.4 Å². The molecular formula is C11H15IN4O. The third kappa shape index (κ3) is 3.32. The van der Waals surface area contributed by atoms with Crippen LogP contribution in [0.4, 0.5) is 5.69 Å². The van der Waals surface area contributed by atoms with Gasteiger partial charge >= 0.3 is 0 Å². The summed E-state index contributed by atoms with van der Waals surface area (Å²) >= 11 is 0. The fraction of sp³-hybridized carbons (Fsp3) is 0.273. The standard InChI is InChI=1S/C11H14N4O.HI/c12-11(13)14-7-8-2-1-3-9(6-8)15-5-4-10(15)16;/h1-3,6H,4-5,7H2,(H4,12,13,14);1H. The summed E-state index contributed by atoms with van der Waals surface area (Å²) in [5.74, 6) is 0.240. The zero-order chi connectivity index (χ0) is 11.5. The summed E-state index contributed by atoms with van der Waals surface area (Å²) in [5, 5.41) is 0. The van der Waals surface area contributed by atoms with E-state index in [9.17, 15) is 4.79 Å². The van der Waals surface area contributed by atoms with E-state index in [2.05, 4.69) is 4.99 Å². The number of carbonyl (C=O) groups is 1. The maximum Gasteiger partial charge on any atom is 0.228 e. The number of hydrogen-bond acceptors (Lipinski definition) is 2. The summed E-state index contributed by atoms with van der Waals surface area (Å²) < 4.78 is 0. The minimum absolute atomic E-state index is 0. The molecule has 1 heterocycles. The fourth-order valence-electron chi connectivity index (χ4n) is 1.59. The van der Waals surface area contributed by atoms with Crippen LogP contribution >= 0.6 is 24.0 Å². The van der Waals surface area contributed by atoms with Crippen LogP contribution in [0.25, 0.3) is 0 Å². The molecule has 4 N–H and O–H groups in total. The number of nitrogens with zero attached hydrogens (tertiary/aromatic N) is 2. The van der Waals surface area contributed by atoms with Gasteiger partial charge < -0.3 is 16.4 Å². The van der Waals surface area contributed by atoms with E-state index in [0.29, 0.717) is 13.0 Å². The molecule has 92 valence electrons. The number of carbonyl (C=O) groups excluding carboxylic acids is 1. The first kappa shape index (κ1) is 13.8. The van der Waals surface area contributed by atoms with Crippen LogP contribution in [0.2, 0.25) is 0 Å². The Morgan fingerprint density at radius 1 is 1.41 bits per heavy atom. The van der Waals surface area contributed by atoms with Crippen LogP contribution in [0.1, 0.15) is 12.0 Å². The molecule has 2 rings (SSSR count). The summed E-state index contributed by atoms with van der Waals surface area (Å²) in [6.45, 7) is 1.24. The molecule has 1 aliphatic rings. The van der Waals surface area contributed by atoms with Crippen molar-refractivity contribution in [3.63, 3.8) is 0 Å². The molecule has 1 aliphatic heterocycles. The maximum atomic E-state index is 11.3. The summed E-state index contributed by atoms with van der Waals surface area (Å²) in [7, 11) is 0. The van der Waals surface area contributed by atoms with Crippen molar-refractivity contribution in [1.29, 1.82) is 0 Å². The van der Waals surface area contributed by atoms with Gasteiger partial charge in [-0.25, -0.2) is 4.99 Å². The van der Waals surface area contributed by atoms with Gasteiger partial charge in [-0.1, -0.05) is 12.1 Å². The molecule has 1 aromatic rings.